The van der Waals surface area contributed by atoms with Crippen molar-refractivity contribution in [2.45, 2.75) is 20.3 Å². The van der Waals surface area contributed by atoms with Gasteiger partial charge in [-0.15, -0.1) is 0 Å². The zero-order valence-electron chi connectivity index (χ0n) is 12.0. The fourth-order valence-corrected chi connectivity index (χ4v) is 1.96. The first kappa shape index (κ1) is 14.7. The fraction of sp³-hybridized carbons (Fsp3) is 0.533. The molecule has 3 heteroatoms. The van der Waals surface area contributed by atoms with E-state index in [1.807, 2.05) is 6.07 Å². The highest BCUT2D eigenvalue weighted by molar-refractivity contribution is 5.83. The molecule has 18 heavy (non-hydrogen) atoms. The monoisotopic (exact) mass is 247 g/mol. The SMILES string of the molecule is C/C(Cc1ccccc1)=N/NC[C@@H](C)CN(C)C. The Morgan fingerprint density at radius 3 is 2.56 bits per heavy atom. The van der Waals surface area contributed by atoms with Crippen molar-refractivity contribution >= 4 is 5.71 Å². The van der Waals surface area contributed by atoms with Crippen LogP contribution < -0.4 is 5.43 Å². The summed E-state index contributed by atoms with van der Waals surface area (Å²) in [7, 11) is 4.20. The predicted octanol–water partition coefficient (Wildman–Crippen LogP) is 2.39. The Morgan fingerprint density at radius 1 is 1.28 bits per heavy atom. The zero-order chi connectivity index (χ0) is 13.4. The summed E-state index contributed by atoms with van der Waals surface area (Å²) in [4.78, 5) is 2.20. The fourth-order valence-electron chi connectivity index (χ4n) is 1.96. The second kappa shape index (κ2) is 7.88. The summed E-state index contributed by atoms with van der Waals surface area (Å²) in [5, 5.41) is 4.41. The van der Waals surface area contributed by atoms with Gasteiger partial charge in [-0.3, -0.25) is 0 Å². The molecule has 0 bridgehead atoms. The summed E-state index contributed by atoms with van der Waals surface area (Å²) in [6.45, 7) is 6.30. The summed E-state index contributed by atoms with van der Waals surface area (Å²) in [6, 6.07) is 10.4. The lowest BCUT2D eigenvalue weighted by Gasteiger charge is -2.16. The second-order valence-electron chi connectivity index (χ2n) is 5.24. The van der Waals surface area contributed by atoms with Crippen LogP contribution >= 0.6 is 0 Å². The molecule has 3 nitrogen and oxygen atoms in total. The van der Waals surface area contributed by atoms with Crippen molar-refractivity contribution in [1.29, 1.82) is 0 Å². The molecule has 0 amide bonds. The number of hydrogen-bond acceptors (Lipinski definition) is 3. The van der Waals surface area contributed by atoms with Crippen molar-refractivity contribution in [2.75, 3.05) is 27.2 Å². The van der Waals surface area contributed by atoms with Gasteiger partial charge in [-0.1, -0.05) is 37.3 Å². The van der Waals surface area contributed by atoms with Gasteiger partial charge in [0.1, 0.15) is 0 Å². The molecule has 0 aliphatic heterocycles. The second-order valence-corrected chi connectivity index (χ2v) is 5.24. The molecule has 0 saturated carbocycles. The predicted molar refractivity (Wildman–Crippen MR) is 79.0 cm³/mol. The van der Waals surface area contributed by atoms with Crippen LogP contribution in [0.3, 0.4) is 0 Å². The first-order chi connectivity index (χ1) is 8.58. The Kier molecular flexibility index (Phi) is 6.44. The van der Waals surface area contributed by atoms with Crippen molar-refractivity contribution in [3.8, 4) is 0 Å². The molecule has 1 N–H and O–H groups in total. The summed E-state index contributed by atoms with van der Waals surface area (Å²) in [6.07, 6.45) is 0.913. The lowest BCUT2D eigenvalue weighted by Crippen LogP contribution is -2.27. The Balaban J connectivity index is 2.30. The van der Waals surface area contributed by atoms with E-state index in [2.05, 4.69) is 67.6 Å². The molecule has 0 spiro atoms. The summed E-state index contributed by atoms with van der Waals surface area (Å²) in [5.74, 6) is 0.605. The van der Waals surface area contributed by atoms with Crippen LogP contribution in [0.25, 0.3) is 0 Å². The van der Waals surface area contributed by atoms with Crippen LogP contribution in [0, 0.1) is 5.92 Å². The minimum Gasteiger partial charge on any atom is -0.310 e. The maximum atomic E-state index is 4.41. The third-order valence-electron chi connectivity index (χ3n) is 2.69. The molecule has 0 heterocycles. The van der Waals surface area contributed by atoms with Gasteiger partial charge in [0.05, 0.1) is 0 Å². The molecule has 1 atom stereocenters. The minimum atomic E-state index is 0.605. The number of benzene rings is 1. The van der Waals surface area contributed by atoms with Gasteiger partial charge in [0.15, 0.2) is 0 Å². The molecule has 0 unspecified atom stereocenters. The van der Waals surface area contributed by atoms with Gasteiger partial charge in [0.25, 0.3) is 0 Å². The average molecular weight is 247 g/mol. The molecule has 0 aliphatic rings. The lowest BCUT2D eigenvalue weighted by molar-refractivity contribution is 0.332. The third kappa shape index (κ3) is 6.40. The maximum Gasteiger partial charge on any atom is 0.0391 e. The van der Waals surface area contributed by atoms with E-state index in [0.29, 0.717) is 5.92 Å². The molecular weight excluding hydrogens is 222 g/mol. The molecule has 0 saturated heterocycles. The van der Waals surface area contributed by atoms with Crippen molar-refractivity contribution < 1.29 is 0 Å². The molecule has 0 aliphatic carbocycles. The van der Waals surface area contributed by atoms with E-state index in [0.717, 1.165) is 25.2 Å². The van der Waals surface area contributed by atoms with Crippen LogP contribution in [0.15, 0.2) is 35.4 Å². The standard InChI is InChI=1S/C15H25N3/c1-13(12-18(3)4)11-16-17-14(2)10-15-8-6-5-7-9-15/h5-9,13,16H,10-12H2,1-4H3/b17-14-/t13-/m1/s1. The maximum absolute atomic E-state index is 4.41. The highest BCUT2D eigenvalue weighted by Crippen LogP contribution is 2.00. The normalized spacial score (nSPS) is 13.7. The third-order valence-corrected chi connectivity index (χ3v) is 2.69. The van der Waals surface area contributed by atoms with Gasteiger partial charge in [-0.2, -0.15) is 5.10 Å². The Bertz CT molecular complexity index is 357. The van der Waals surface area contributed by atoms with Crippen molar-refractivity contribution in [1.82, 2.24) is 10.3 Å². The van der Waals surface area contributed by atoms with E-state index < -0.39 is 0 Å². The lowest BCUT2D eigenvalue weighted by atomic mass is 10.1. The van der Waals surface area contributed by atoms with E-state index in [4.69, 9.17) is 0 Å². The molecule has 0 radical (unpaired) electrons. The molecular formula is C15H25N3. The topological polar surface area (TPSA) is 27.6 Å². The molecule has 1 aromatic rings. The number of hydrazone groups is 1. The number of rotatable bonds is 7. The van der Waals surface area contributed by atoms with Crippen LogP contribution in [0.1, 0.15) is 19.4 Å². The number of nitrogens with zero attached hydrogens (tertiary/aromatic N) is 2. The van der Waals surface area contributed by atoms with Crippen LogP contribution in [-0.2, 0) is 6.42 Å². The van der Waals surface area contributed by atoms with E-state index in [1.165, 1.54) is 5.56 Å². The zero-order valence-corrected chi connectivity index (χ0v) is 12.0. The molecule has 100 valence electrons. The number of nitrogens with one attached hydrogen (secondary N) is 1. The van der Waals surface area contributed by atoms with Crippen molar-refractivity contribution in [3.63, 3.8) is 0 Å². The van der Waals surface area contributed by atoms with Gasteiger partial charge < -0.3 is 10.3 Å². The van der Waals surface area contributed by atoms with E-state index >= 15 is 0 Å². The molecule has 1 rings (SSSR count). The molecule has 0 fully saturated rings. The quantitative estimate of drug-likeness (QED) is 0.592. The van der Waals surface area contributed by atoms with Gasteiger partial charge >= 0.3 is 0 Å². The van der Waals surface area contributed by atoms with Crippen molar-refractivity contribution in [3.05, 3.63) is 35.9 Å². The first-order valence-corrected chi connectivity index (χ1v) is 6.52. The Labute approximate surface area is 111 Å². The van der Waals surface area contributed by atoms with E-state index in [-0.39, 0.29) is 0 Å². The highest BCUT2D eigenvalue weighted by atomic mass is 15.3. The minimum absolute atomic E-state index is 0.605. The Morgan fingerprint density at radius 2 is 1.94 bits per heavy atom. The smallest absolute Gasteiger partial charge is 0.0391 e. The van der Waals surface area contributed by atoms with Crippen LogP contribution in [0.2, 0.25) is 0 Å². The van der Waals surface area contributed by atoms with Crippen molar-refractivity contribution in [2.24, 2.45) is 11.0 Å². The molecule has 0 aromatic heterocycles. The van der Waals surface area contributed by atoms with Crippen LogP contribution in [-0.4, -0.2) is 37.8 Å². The number of hydrogen-bond donors (Lipinski definition) is 1. The average Bonchev–Trinajstić information content (AvgIpc) is 2.29. The first-order valence-electron chi connectivity index (χ1n) is 6.52. The van der Waals surface area contributed by atoms with Gasteiger partial charge in [0.2, 0.25) is 0 Å². The van der Waals surface area contributed by atoms with E-state index in [9.17, 15) is 0 Å². The highest BCUT2D eigenvalue weighted by Gasteiger charge is 2.02. The van der Waals surface area contributed by atoms with Crippen LogP contribution in [0.4, 0.5) is 0 Å². The van der Waals surface area contributed by atoms with Gasteiger partial charge in [-0.25, -0.2) is 0 Å². The summed E-state index contributed by atoms with van der Waals surface area (Å²) >= 11 is 0. The Hall–Kier alpha value is -1.35. The van der Waals surface area contributed by atoms with Crippen LogP contribution in [0.5, 0.6) is 0 Å². The van der Waals surface area contributed by atoms with Gasteiger partial charge in [0, 0.05) is 25.2 Å². The van der Waals surface area contributed by atoms with Gasteiger partial charge in [-0.05, 0) is 32.5 Å². The largest absolute Gasteiger partial charge is 0.310 e. The molecule has 1 aromatic carbocycles. The summed E-state index contributed by atoms with van der Waals surface area (Å²) in [5.41, 5.74) is 5.60. The van der Waals surface area contributed by atoms with E-state index in [1.54, 1.807) is 0 Å². The summed E-state index contributed by atoms with van der Waals surface area (Å²) < 4.78 is 0.